The molecule has 3 aromatic rings. The number of nitrogens with one attached hydrogen (secondary N) is 3. The summed E-state index contributed by atoms with van der Waals surface area (Å²) in [6.07, 6.45) is 2.88. The Hall–Kier alpha value is -4.51. The molecule has 0 aliphatic carbocycles. The summed E-state index contributed by atoms with van der Waals surface area (Å²) in [7, 11) is 1.26. The molecule has 1 aliphatic rings. The third kappa shape index (κ3) is 5.89. The first-order chi connectivity index (χ1) is 18.3. The second-order valence-corrected chi connectivity index (χ2v) is 8.86. The van der Waals surface area contributed by atoms with E-state index in [2.05, 4.69) is 20.9 Å². The molecule has 0 unspecified atom stereocenters. The number of nitrogens with two attached hydrogens (primary N) is 1. The van der Waals surface area contributed by atoms with E-state index >= 15 is 0 Å². The van der Waals surface area contributed by atoms with Gasteiger partial charge in [-0.2, -0.15) is 0 Å². The van der Waals surface area contributed by atoms with Crippen LogP contribution in [0.4, 0.5) is 10.2 Å². The summed E-state index contributed by atoms with van der Waals surface area (Å²) >= 11 is 0. The van der Waals surface area contributed by atoms with Gasteiger partial charge in [0.25, 0.3) is 11.8 Å². The number of aromatic nitrogens is 1. The van der Waals surface area contributed by atoms with E-state index in [-0.39, 0.29) is 40.7 Å². The molecule has 11 heteroatoms. The third-order valence-corrected chi connectivity index (χ3v) is 6.34. The molecule has 2 atom stereocenters. The van der Waals surface area contributed by atoms with Crippen LogP contribution in [0.5, 0.6) is 11.5 Å². The Morgan fingerprint density at radius 3 is 2.42 bits per heavy atom. The highest BCUT2D eigenvalue weighted by molar-refractivity contribution is 6.11. The maximum absolute atomic E-state index is 14.6. The topological polar surface area (TPSA) is 156 Å². The van der Waals surface area contributed by atoms with E-state index in [9.17, 15) is 23.9 Å². The lowest BCUT2D eigenvalue weighted by Crippen LogP contribution is -2.54. The maximum atomic E-state index is 14.6. The van der Waals surface area contributed by atoms with Crippen molar-refractivity contribution in [3.05, 3.63) is 82.8 Å². The zero-order valence-electron chi connectivity index (χ0n) is 20.7. The van der Waals surface area contributed by atoms with Crippen LogP contribution in [0.25, 0.3) is 0 Å². The van der Waals surface area contributed by atoms with Crippen LogP contribution in [0.15, 0.2) is 54.7 Å². The zero-order valence-corrected chi connectivity index (χ0v) is 20.7. The van der Waals surface area contributed by atoms with Crippen LogP contribution in [-0.4, -0.2) is 60.0 Å². The summed E-state index contributed by atoms with van der Waals surface area (Å²) in [5, 5.41) is 19.2. The Morgan fingerprint density at radius 2 is 1.71 bits per heavy atom. The number of carbonyl (C=O) groups excluding carboxylic acids is 3. The van der Waals surface area contributed by atoms with E-state index in [1.807, 2.05) is 0 Å². The zero-order chi connectivity index (χ0) is 27.2. The Kier molecular flexibility index (Phi) is 8.17. The van der Waals surface area contributed by atoms with Gasteiger partial charge in [0.05, 0.1) is 19.2 Å². The number of benzene rings is 2. The quantitative estimate of drug-likeness (QED) is 0.296. The number of anilines is 1. The van der Waals surface area contributed by atoms with Gasteiger partial charge in [-0.1, -0.05) is 12.1 Å². The number of phenolic OH excluding ortho intramolecular Hbond substituents is 1. The summed E-state index contributed by atoms with van der Waals surface area (Å²) in [5.41, 5.74) is 5.90. The van der Waals surface area contributed by atoms with Gasteiger partial charge in [-0.15, -0.1) is 0 Å². The van der Waals surface area contributed by atoms with Gasteiger partial charge in [-0.05, 0) is 55.8 Å². The van der Waals surface area contributed by atoms with E-state index < -0.39 is 28.8 Å². The molecule has 0 bridgehead atoms. The number of hydrogen-bond donors (Lipinski definition) is 5. The van der Waals surface area contributed by atoms with Crippen molar-refractivity contribution in [3.63, 3.8) is 0 Å². The summed E-state index contributed by atoms with van der Waals surface area (Å²) in [4.78, 5) is 42.6. The number of pyridine rings is 1. The Balaban J connectivity index is 1.47. The predicted molar refractivity (Wildman–Crippen MR) is 138 cm³/mol. The number of nitrogens with zero attached hydrogens (tertiary/aromatic N) is 1. The smallest absolute Gasteiger partial charge is 0.251 e. The molecule has 2 heterocycles. The molecule has 38 heavy (non-hydrogen) atoms. The molecule has 0 spiro atoms. The summed E-state index contributed by atoms with van der Waals surface area (Å²) < 4.78 is 19.5. The van der Waals surface area contributed by atoms with E-state index in [1.165, 1.54) is 55.8 Å². The number of carbonyl (C=O) groups is 3. The summed E-state index contributed by atoms with van der Waals surface area (Å²) in [5.74, 6) is -2.90. The van der Waals surface area contributed by atoms with Crippen molar-refractivity contribution in [2.45, 2.75) is 24.9 Å². The van der Waals surface area contributed by atoms with Gasteiger partial charge in [0.2, 0.25) is 0 Å². The monoisotopic (exact) mass is 521 g/mol. The lowest BCUT2D eigenvalue weighted by atomic mass is 9.99. The molecule has 4 rings (SSSR count). The number of amides is 2. The lowest BCUT2D eigenvalue weighted by Gasteiger charge is -2.27. The predicted octanol–water partition coefficient (Wildman–Crippen LogP) is 2.03. The van der Waals surface area contributed by atoms with Crippen molar-refractivity contribution in [1.29, 1.82) is 0 Å². The highest BCUT2D eigenvalue weighted by atomic mass is 19.1. The van der Waals surface area contributed by atoms with Crippen LogP contribution in [0, 0.1) is 5.82 Å². The fourth-order valence-corrected chi connectivity index (χ4v) is 4.30. The molecule has 10 nitrogen and oxygen atoms in total. The van der Waals surface area contributed by atoms with E-state index in [0.29, 0.717) is 18.5 Å². The average molecular weight is 522 g/mol. The summed E-state index contributed by atoms with van der Waals surface area (Å²) in [6, 6.07) is 10.4. The largest absolute Gasteiger partial charge is 0.507 e. The van der Waals surface area contributed by atoms with Crippen molar-refractivity contribution in [3.8, 4) is 11.5 Å². The molecule has 1 saturated heterocycles. The molecule has 6 N–H and O–H groups in total. The minimum absolute atomic E-state index is 0.0874. The lowest BCUT2D eigenvalue weighted by molar-refractivity contribution is 0.0882. The van der Waals surface area contributed by atoms with E-state index in [0.717, 1.165) is 13.0 Å². The Labute approximate surface area is 218 Å². The number of nitrogen functional groups attached to an aromatic ring is 1. The number of ether oxygens (including phenoxy) is 1. The van der Waals surface area contributed by atoms with Crippen LogP contribution >= 0.6 is 0 Å². The van der Waals surface area contributed by atoms with Crippen molar-refractivity contribution >= 4 is 23.4 Å². The van der Waals surface area contributed by atoms with Crippen LogP contribution in [-0.2, 0) is 0 Å². The molecule has 198 valence electrons. The molecule has 1 aliphatic heterocycles. The fourth-order valence-electron chi connectivity index (χ4n) is 4.30. The minimum atomic E-state index is -0.969. The van der Waals surface area contributed by atoms with Crippen molar-refractivity contribution in [2.75, 3.05) is 25.9 Å². The second-order valence-electron chi connectivity index (χ2n) is 8.86. The number of rotatable bonds is 7. The molecule has 2 aromatic carbocycles. The van der Waals surface area contributed by atoms with Gasteiger partial charge in [0.15, 0.2) is 17.3 Å². The number of phenols is 1. The van der Waals surface area contributed by atoms with Crippen LogP contribution in [0.1, 0.15) is 49.5 Å². The van der Waals surface area contributed by atoms with Gasteiger partial charge in [-0.25, -0.2) is 9.37 Å². The SMILES string of the molecule is COc1ccc(O)c(C(=O)c2ccc(C(=O)N[C@@H]3CCCNC[C@H]3NC(=O)c3ccnc(N)c3)cc2)c1F. The van der Waals surface area contributed by atoms with Gasteiger partial charge >= 0.3 is 0 Å². The minimum Gasteiger partial charge on any atom is -0.507 e. The van der Waals surface area contributed by atoms with Crippen molar-refractivity contribution < 1.29 is 28.6 Å². The van der Waals surface area contributed by atoms with Crippen molar-refractivity contribution in [1.82, 2.24) is 20.9 Å². The maximum Gasteiger partial charge on any atom is 0.251 e. The third-order valence-electron chi connectivity index (χ3n) is 6.34. The second kappa shape index (κ2) is 11.7. The molecule has 1 aromatic heterocycles. The normalized spacial score (nSPS) is 17.2. The van der Waals surface area contributed by atoms with Crippen LogP contribution < -0.4 is 26.4 Å². The summed E-state index contributed by atoms with van der Waals surface area (Å²) in [6.45, 7) is 1.20. The van der Waals surface area contributed by atoms with E-state index in [1.54, 1.807) is 6.07 Å². The Bertz CT molecular complexity index is 1350. The fraction of sp³-hybridized carbons (Fsp3) is 0.259. The van der Waals surface area contributed by atoms with Crippen molar-refractivity contribution in [2.24, 2.45) is 0 Å². The van der Waals surface area contributed by atoms with E-state index in [4.69, 9.17) is 10.5 Å². The standard InChI is InChI=1S/C27H28FN5O5/c1-38-21-9-8-20(34)23(24(21)28)25(35)15-4-6-16(7-5-15)26(36)32-18-3-2-11-30-14-19(18)33-27(37)17-10-12-31-22(29)13-17/h4-10,12-13,18-19,30,34H,2-3,11,14H2,1H3,(H2,29,31)(H,32,36)(H,33,37)/t18-,19-/m1/s1. The average Bonchev–Trinajstić information content (AvgIpc) is 3.13. The highest BCUT2D eigenvalue weighted by Gasteiger charge is 2.28. The molecule has 0 radical (unpaired) electrons. The number of hydrogen-bond acceptors (Lipinski definition) is 8. The van der Waals surface area contributed by atoms with Gasteiger partial charge in [0, 0.05) is 29.4 Å². The Morgan fingerprint density at radius 1 is 1.03 bits per heavy atom. The molecule has 2 amide bonds. The number of aromatic hydroxyl groups is 1. The molecular weight excluding hydrogens is 493 g/mol. The highest BCUT2D eigenvalue weighted by Crippen LogP contribution is 2.30. The van der Waals surface area contributed by atoms with Crippen LogP contribution in [0.3, 0.4) is 0 Å². The first kappa shape index (κ1) is 26.6. The molecule has 1 fully saturated rings. The first-order valence-corrected chi connectivity index (χ1v) is 12.0. The molecular formula is C27H28FN5O5. The first-order valence-electron chi connectivity index (χ1n) is 12.0. The van der Waals surface area contributed by atoms with Gasteiger partial charge in [0.1, 0.15) is 17.1 Å². The van der Waals surface area contributed by atoms with Crippen LogP contribution in [0.2, 0.25) is 0 Å². The molecule has 0 saturated carbocycles. The van der Waals surface area contributed by atoms with Gasteiger partial charge in [-0.3, -0.25) is 14.4 Å². The number of halogens is 1. The number of methoxy groups -OCH3 is 1. The van der Waals surface area contributed by atoms with Gasteiger partial charge < -0.3 is 31.5 Å². The number of ketones is 1.